The fourth-order valence-corrected chi connectivity index (χ4v) is 3.53. The molecule has 0 aliphatic carbocycles. The van der Waals surface area contributed by atoms with Gasteiger partial charge in [0.05, 0.1) is 17.8 Å². The van der Waals surface area contributed by atoms with E-state index in [0.29, 0.717) is 12.3 Å². The second kappa shape index (κ2) is 8.06. The predicted molar refractivity (Wildman–Crippen MR) is 103 cm³/mol. The summed E-state index contributed by atoms with van der Waals surface area (Å²) in [6.07, 6.45) is 5.15. The van der Waals surface area contributed by atoms with Crippen LogP contribution in [0.5, 0.6) is 0 Å². The standard InChI is InChI=1S/C19H26N4OS/c1-2-3-9-17-18-21-16(14-7-5-4-6-8-14)12-22(18)10-11-23(17)19(24)15(20)13-25/h4-8,12,15,17,25H,2-3,9-11,13,20H2,1H3. The number of carbonyl (C=O) groups is 1. The van der Waals surface area contributed by atoms with Crippen LogP contribution < -0.4 is 5.73 Å². The molecule has 2 atom stereocenters. The number of thiol groups is 1. The highest BCUT2D eigenvalue weighted by Crippen LogP contribution is 2.32. The van der Waals surface area contributed by atoms with E-state index in [2.05, 4.69) is 42.4 Å². The molecule has 1 aromatic carbocycles. The molecule has 6 heteroatoms. The monoisotopic (exact) mass is 358 g/mol. The SMILES string of the molecule is CCCCC1c2nc(-c3ccccc3)cn2CCN1C(=O)C(N)CS. The van der Waals surface area contributed by atoms with Crippen molar-refractivity contribution in [3.8, 4) is 11.3 Å². The summed E-state index contributed by atoms with van der Waals surface area (Å²) in [7, 11) is 0. The smallest absolute Gasteiger partial charge is 0.241 e. The van der Waals surface area contributed by atoms with Crippen molar-refractivity contribution in [3.63, 3.8) is 0 Å². The van der Waals surface area contributed by atoms with E-state index in [9.17, 15) is 4.79 Å². The molecule has 25 heavy (non-hydrogen) atoms. The van der Waals surface area contributed by atoms with Gasteiger partial charge in [0.15, 0.2) is 0 Å². The Kier molecular flexibility index (Phi) is 5.81. The van der Waals surface area contributed by atoms with E-state index in [1.807, 2.05) is 23.1 Å². The van der Waals surface area contributed by atoms with E-state index in [-0.39, 0.29) is 11.9 Å². The first-order valence-electron chi connectivity index (χ1n) is 8.95. The minimum atomic E-state index is -0.553. The van der Waals surface area contributed by atoms with Gasteiger partial charge in [0.25, 0.3) is 0 Å². The van der Waals surface area contributed by atoms with E-state index in [4.69, 9.17) is 10.7 Å². The average Bonchev–Trinajstić information content (AvgIpc) is 3.10. The van der Waals surface area contributed by atoms with Crippen LogP contribution in [0.4, 0.5) is 0 Å². The summed E-state index contributed by atoms with van der Waals surface area (Å²) in [4.78, 5) is 19.5. The molecule has 2 aromatic rings. The number of nitrogens with zero attached hydrogens (tertiary/aromatic N) is 3. The third-order valence-electron chi connectivity index (χ3n) is 4.76. The van der Waals surface area contributed by atoms with Crippen molar-refractivity contribution in [2.75, 3.05) is 12.3 Å². The first-order chi connectivity index (χ1) is 12.2. The summed E-state index contributed by atoms with van der Waals surface area (Å²) in [6.45, 7) is 3.59. The maximum Gasteiger partial charge on any atom is 0.241 e. The second-order valence-electron chi connectivity index (χ2n) is 6.52. The summed E-state index contributed by atoms with van der Waals surface area (Å²) in [5.41, 5.74) is 8.02. The third-order valence-corrected chi connectivity index (χ3v) is 5.15. The highest BCUT2D eigenvalue weighted by atomic mass is 32.1. The fourth-order valence-electron chi connectivity index (χ4n) is 3.37. The van der Waals surface area contributed by atoms with Gasteiger partial charge in [0.1, 0.15) is 5.82 Å². The Labute approximate surface area is 154 Å². The number of amides is 1. The molecule has 0 saturated heterocycles. The molecule has 134 valence electrons. The van der Waals surface area contributed by atoms with Crippen LogP contribution >= 0.6 is 12.6 Å². The number of imidazole rings is 1. The van der Waals surface area contributed by atoms with Gasteiger partial charge < -0.3 is 15.2 Å². The minimum Gasteiger partial charge on any atom is -0.331 e. The van der Waals surface area contributed by atoms with E-state index in [1.54, 1.807) is 0 Å². The molecule has 0 saturated carbocycles. The molecule has 0 radical (unpaired) electrons. The molecule has 1 amide bonds. The van der Waals surface area contributed by atoms with Crippen molar-refractivity contribution in [1.82, 2.24) is 14.5 Å². The lowest BCUT2D eigenvalue weighted by atomic mass is 10.0. The van der Waals surface area contributed by atoms with E-state index < -0.39 is 6.04 Å². The van der Waals surface area contributed by atoms with Crippen molar-refractivity contribution in [2.45, 2.75) is 44.8 Å². The molecule has 1 aromatic heterocycles. The summed E-state index contributed by atoms with van der Waals surface area (Å²) >= 11 is 4.19. The summed E-state index contributed by atoms with van der Waals surface area (Å²) in [5.74, 6) is 1.31. The molecule has 2 unspecified atom stereocenters. The molecule has 1 aliphatic rings. The van der Waals surface area contributed by atoms with E-state index in [0.717, 1.165) is 42.9 Å². The number of aromatic nitrogens is 2. The average molecular weight is 359 g/mol. The van der Waals surface area contributed by atoms with Gasteiger partial charge in [-0.3, -0.25) is 4.79 Å². The zero-order valence-electron chi connectivity index (χ0n) is 14.6. The van der Waals surface area contributed by atoms with Gasteiger partial charge in [-0.2, -0.15) is 12.6 Å². The number of carbonyl (C=O) groups excluding carboxylic acids is 1. The largest absolute Gasteiger partial charge is 0.331 e. The summed E-state index contributed by atoms with van der Waals surface area (Å²) < 4.78 is 2.19. The van der Waals surface area contributed by atoms with Crippen molar-refractivity contribution < 1.29 is 4.79 Å². The van der Waals surface area contributed by atoms with Crippen LogP contribution in [0.3, 0.4) is 0 Å². The van der Waals surface area contributed by atoms with E-state index in [1.165, 1.54) is 0 Å². The lowest BCUT2D eigenvalue weighted by Crippen LogP contribution is -2.50. The number of hydrogen-bond acceptors (Lipinski definition) is 4. The number of unbranched alkanes of at least 4 members (excludes halogenated alkanes) is 1. The molecule has 0 bridgehead atoms. The third kappa shape index (κ3) is 3.75. The Hall–Kier alpha value is -1.79. The summed E-state index contributed by atoms with van der Waals surface area (Å²) in [5, 5.41) is 0. The van der Waals surface area contributed by atoms with Crippen molar-refractivity contribution in [1.29, 1.82) is 0 Å². The van der Waals surface area contributed by atoms with Gasteiger partial charge in [0, 0.05) is 30.6 Å². The van der Waals surface area contributed by atoms with Gasteiger partial charge >= 0.3 is 0 Å². The van der Waals surface area contributed by atoms with Gasteiger partial charge in [-0.25, -0.2) is 4.98 Å². The normalized spacial score (nSPS) is 18.0. The molecule has 1 aliphatic heterocycles. The zero-order valence-corrected chi connectivity index (χ0v) is 15.5. The molecule has 3 rings (SSSR count). The van der Waals surface area contributed by atoms with Crippen LogP contribution in [-0.4, -0.2) is 38.7 Å². The first-order valence-corrected chi connectivity index (χ1v) is 9.58. The first kappa shape index (κ1) is 18.0. The number of nitrogens with two attached hydrogens (primary N) is 1. The van der Waals surface area contributed by atoms with Crippen LogP contribution in [0.1, 0.15) is 38.1 Å². The Balaban J connectivity index is 1.93. The Bertz CT molecular complexity index is 715. The van der Waals surface area contributed by atoms with Crippen LogP contribution in [0.25, 0.3) is 11.3 Å². The highest BCUT2D eigenvalue weighted by Gasteiger charge is 2.34. The van der Waals surface area contributed by atoms with Crippen molar-refractivity contribution >= 4 is 18.5 Å². The Morgan fingerprint density at radius 1 is 1.36 bits per heavy atom. The quantitative estimate of drug-likeness (QED) is 0.781. The number of hydrogen-bond donors (Lipinski definition) is 2. The number of benzene rings is 1. The van der Waals surface area contributed by atoms with Gasteiger partial charge in [-0.1, -0.05) is 50.1 Å². The lowest BCUT2D eigenvalue weighted by Gasteiger charge is -2.37. The maximum absolute atomic E-state index is 12.7. The number of fused-ring (bicyclic) bond motifs is 1. The second-order valence-corrected chi connectivity index (χ2v) is 6.89. The van der Waals surface area contributed by atoms with E-state index >= 15 is 0 Å². The lowest BCUT2D eigenvalue weighted by molar-refractivity contribution is -0.136. The highest BCUT2D eigenvalue weighted by molar-refractivity contribution is 7.80. The fraction of sp³-hybridized carbons (Fsp3) is 0.474. The van der Waals surface area contributed by atoms with Gasteiger partial charge in [0.2, 0.25) is 5.91 Å². The number of rotatable bonds is 6. The van der Waals surface area contributed by atoms with Crippen molar-refractivity contribution in [2.24, 2.45) is 5.73 Å². The Morgan fingerprint density at radius 3 is 2.80 bits per heavy atom. The van der Waals surface area contributed by atoms with Gasteiger partial charge in [-0.15, -0.1) is 0 Å². The molecular formula is C19H26N4OS. The topological polar surface area (TPSA) is 64.2 Å². The molecule has 2 heterocycles. The van der Waals surface area contributed by atoms with Crippen LogP contribution in [0, 0.1) is 0 Å². The molecular weight excluding hydrogens is 332 g/mol. The summed E-state index contributed by atoms with van der Waals surface area (Å²) in [6, 6.07) is 9.60. The molecule has 0 fully saturated rings. The van der Waals surface area contributed by atoms with Crippen LogP contribution in [0.2, 0.25) is 0 Å². The minimum absolute atomic E-state index is 0.00963. The van der Waals surface area contributed by atoms with Crippen LogP contribution in [0.15, 0.2) is 36.5 Å². The van der Waals surface area contributed by atoms with Gasteiger partial charge in [-0.05, 0) is 6.42 Å². The molecule has 2 N–H and O–H groups in total. The maximum atomic E-state index is 12.7. The van der Waals surface area contributed by atoms with Crippen molar-refractivity contribution in [3.05, 3.63) is 42.4 Å². The predicted octanol–water partition coefficient (Wildman–Crippen LogP) is 2.88. The Morgan fingerprint density at radius 2 is 2.12 bits per heavy atom. The molecule has 5 nitrogen and oxygen atoms in total. The molecule has 0 spiro atoms. The zero-order chi connectivity index (χ0) is 17.8. The van der Waals surface area contributed by atoms with Crippen LogP contribution in [-0.2, 0) is 11.3 Å².